The van der Waals surface area contributed by atoms with Crippen LogP contribution in [-0.2, 0) is 14.3 Å². The number of benzene rings is 1. The Balaban J connectivity index is 1.71. The van der Waals surface area contributed by atoms with Crippen molar-refractivity contribution in [1.29, 1.82) is 0 Å². The Morgan fingerprint density at radius 2 is 2.07 bits per heavy atom. The number of non-ortho nitro benzene ring substituents is 1. The van der Waals surface area contributed by atoms with Crippen molar-refractivity contribution in [3.8, 4) is 0 Å². The van der Waals surface area contributed by atoms with Crippen molar-refractivity contribution in [2.24, 2.45) is 0 Å². The first-order valence-electron chi connectivity index (χ1n) is 9.53. The lowest BCUT2D eigenvalue weighted by molar-refractivity contribution is -0.384. The van der Waals surface area contributed by atoms with Gasteiger partial charge >= 0.3 is 5.97 Å². The van der Waals surface area contributed by atoms with E-state index in [0.29, 0.717) is 6.54 Å². The molecule has 1 aromatic rings. The molecule has 2 amide bonds. The van der Waals surface area contributed by atoms with Crippen LogP contribution >= 0.6 is 0 Å². The molecule has 1 aromatic carbocycles. The molecule has 2 rings (SSSR count). The predicted octanol–water partition coefficient (Wildman–Crippen LogP) is 2.26. The summed E-state index contributed by atoms with van der Waals surface area (Å²) in [6.07, 6.45) is 7.53. The first-order chi connectivity index (χ1) is 13.9. The van der Waals surface area contributed by atoms with Gasteiger partial charge in [0.2, 0.25) is 0 Å². The number of rotatable bonds is 9. The van der Waals surface area contributed by atoms with Crippen LogP contribution in [0.2, 0.25) is 0 Å². The predicted molar refractivity (Wildman–Crippen MR) is 105 cm³/mol. The second-order valence-electron chi connectivity index (χ2n) is 6.82. The fraction of sp³-hybridized carbons (Fsp3) is 0.450. The maximum Gasteiger partial charge on any atom is 0.328 e. The third kappa shape index (κ3) is 7.36. The Morgan fingerprint density at radius 3 is 2.76 bits per heavy atom. The van der Waals surface area contributed by atoms with Gasteiger partial charge in [-0.1, -0.05) is 17.7 Å². The van der Waals surface area contributed by atoms with Crippen molar-refractivity contribution in [2.45, 2.75) is 45.1 Å². The van der Waals surface area contributed by atoms with E-state index in [2.05, 4.69) is 16.7 Å². The van der Waals surface area contributed by atoms with Crippen LogP contribution in [0.3, 0.4) is 0 Å². The number of nitrogens with zero attached hydrogens (tertiary/aromatic N) is 1. The summed E-state index contributed by atoms with van der Waals surface area (Å²) in [4.78, 5) is 46.1. The van der Waals surface area contributed by atoms with Crippen LogP contribution < -0.4 is 10.6 Å². The summed E-state index contributed by atoms with van der Waals surface area (Å²) < 4.78 is 4.92. The highest BCUT2D eigenvalue weighted by molar-refractivity contribution is 5.97. The molecule has 0 bridgehead atoms. The monoisotopic (exact) mass is 403 g/mol. The number of allylic oxidation sites excluding steroid dienone is 1. The van der Waals surface area contributed by atoms with E-state index in [0.717, 1.165) is 25.3 Å². The lowest BCUT2D eigenvalue weighted by Crippen LogP contribution is -2.41. The molecule has 0 aromatic heterocycles. The van der Waals surface area contributed by atoms with E-state index in [-0.39, 0.29) is 11.3 Å². The summed E-state index contributed by atoms with van der Waals surface area (Å²) in [5.41, 5.74) is 1.16. The summed E-state index contributed by atoms with van der Waals surface area (Å²) in [7, 11) is 0. The number of nitro groups is 1. The largest absolute Gasteiger partial charge is 0.454 e. The molecule has 0 radical (unpaired) electrons. The third-order valence-electron chi connectivity index (χ3n) is 4.52. The number of hydrogen-bond donors (Lipinski definition) is 2. The van der Waals surface area contributed by atoms with Gasteiger partial charge in [0.1, 0.15) is 6.04 Å². The fourth-order valence-corrected chi connectivity index (χ4v) is 2.91. The van der Waals surface area contributed by atoms with Gasteiger partial charge < -0.3 is 15.4 Å². The van der Waals surface area contributed by atoms with Gasteiger partial charge in [-0.25, -0.2) is 4.79 Å². The van der Waals surface area contributed by atoms with Crippen LogP contribution in [0.4, 0.5) is 5.69 Å². The first-order valence-corrected chi connectivity index (χ1v) is 9.53. The van der Waals surface area contributed by atoms with Crippen LogP contribution in [0.25, 0.3) is 0 Å². The minimum Gasteiger partial charge on any atom is -0.454 e. The minimum absolute atomic E-state index is 0.0496. The lowest BCUT2D eigenvalue weighted by atomic mass is 9.97. The smallest absolute Gasteiger partial charge is 0.328 e. The van der Waals surface area contributed by atoms with Gasteiger partial charge in [0.05, 0.1) is 4.92 Å². The molecule has 29 heavy (non-hydrogen) atoms. The molecule has 0 aliphatic heterocycles. The molecule has 0 unspecified atom stereocenters. The molecule has 156 valence electrons. The van der Waals surface area contributed by atoms with Gasteiger partial charge in [-0.3, -0.25) is 19.7 Å². The van der Waals surface area contributed by atoms with Crippen LogP contribution in [0.1, 0.15) is 49.4 Å². The molecule has 1 atom stereocenters. The second kappa shape index (κ2) is 10.9. The number of carbonyl (C=O) groups is 3. The maximum atomic E-state index is 12.1. The highest BCUT2D eigenvalue weighted by atomic mass is 16.6. The minimum atomic E-state index is -1.01. The summed E-state index contributed by atoms with van der Waals surface area (Å²) in [5.74, 6) is -1.83. The normalized spacial score (nSPS) is 14.3. The van der Waals surface area contributed by atoms with Crippen molar-refractivity contribution in [2.75, 3.05) is 13.2 Å². The highest BCUT2D eigenvalue weighted by Crippen LogP contribution is 2.19. The fourth-order valence-electron chi connectivity index (χ4n) is 2.91. The zero-order chi connectivity index (χ0) is 21.2. The number of carbonyl (C=O) groups excluding carboxylic acids is 3. The molecule has 1 aliphatic carbocycles. The van der Waals surface area contributed by atoms with Gasteiger partial charge in [0.25, 0.3) is 17.5 Å². The van der Waals surface area contributed by atoms with E-state index in [1.807, 2.05) is 0 Å². The van der Waals surface area contributed by atoms with Crippen molar-refractivity contribution < 1.29 is 24.0 Å². The SMILES string of the molecule is C[C@H](NC(=O)c1cccc([N+](=O)[O-])c1)C(=O)OCC(=O)NCCC1=CCCCC1. The molecule has 0 fully saturated rings. The lowest BCUT2D eigenvalue weighted by Gasteiger charge is -2.14. The zero-order valence-electron chi connectivity index (χ0n) is 16.3. The van der Waals surface area contributed by atoms with Crippen molar-refractivity contribution in [1.82, 2.24) is 10.6 Å². The van der Waals surface area contributed by atoms with Crippen LogP contribution in [0, 0.1) is 10.1 Å². The summed E-state index contributed by atoms with van der Waals surface area (Å²) in [6, 6.07) is 4.14. The Morgan fingerprint density at radius 1 is 1.28 bits per heavy atom. The van der Waals surface area contributed by atoms with Gasteiger partial charge in [-0.15, -0.1) is 0 Å². The van der Waals surface area contributed by atoms with Crippen molar-refractivity contribution in [3.63, 3.8) is 0 Å². The van der Waals surface area contributed by atoms with E-state index in [1.54, 1.807) is 0 Å². The summed E-state index contributed by atoms with van der Waals surface area (Å²) in [6.45, 7) is 1.46. The number of amides is 2. The van der Waals surface area contributed by atoms with E-state index < -0.39 is 35.4 Å². The second-order valence-corrected chi connectivity index (χ2v) is 6.82. The standard InChI is InChI=1S/C20H25N3O6/c1-14(22-19(25)16-8-5-9-17(12-16)23(27)28)20(26)29-13-18(24)21-11-10-15-6-3-2-4-7-15/h5-6,8-9,12,14H,2-4,7,10-11,13H2,1H3,(H,21,24)(H,22,25)/t14-/m0/s1. The van der Waals surface area contributed by atoms with Gasteiger partial charge in [-0.05, 0) is 45.1 Å². The number of nitrogens with one attached hydrogen (secondary N) is 2. The van der Waals surface area contributed by atoms with Gasteiger partial charge in [-0.2, -0.15) is 0 Å². The van der Waals surface area contributed by atoms with Crippen LogP contribution in [0.15, 0.2) is 35.9 Å². The number of esters is 1. The quantitative estimate of drug-likeness (QED) is 0.282. The first kappa shape index (κ1) is 22.1. The number of nitro benzene ring substituents is 1. The molecular weight excluding hydrogens is 378 g/mol. The van der Waals surface area contributed by atoms with E-state index in [9.17, 15) is 24.5 Å². The average molecular weight is 403 g/mol. The number of ether oxygens (including phenoxy) is 1. The topological polar surface area (TPSA) is 128 Å². The zero-order valence-corrected chi connectivity index (χ0v) is 16.3. The van der Waals surface area contributed by atoms with Gasteiger partial charge in [0, 0.05) is 24.2 Å². The number of hydrogen-bond acceptors (Lipinski definition) is 6. The van der Waals surface area contributed by atoms with Crippen molar-refractivity contribution in [3.05, 3.63) is 51.6 Å². The molecule has 9 nitrogen and oxygen atoms in total. The Hall–Kier alpha value is -3.23. The van der Waals surface area contributed by atoms with Crippen LogP contribution in [0.5, 0.6) is 0 Å². The summed E-state index contributed by atoms with van der Waals surface area (Å²) >= 11 is 0. The molecule has 0 heterocycles. The summed E-state index contributed by atoms with van der Waals surface area (Å²) in [5, 5.41) is 15.9. The Labute approximate surface area is 168 Å². The third-order valence-corrected chi connectivity index (χ3v) is 4.52. The molecule has 9 heteroatoms. The molecule has 0 saturated heterocycles. The van der Waals surface area contributed by atoms with Crippen molar-refractivity contribution >= 4 is 23.5 Å². The highest BCUT2D eigenvalue weighted by Gasteiger charge is 2.20. The average Bonchev–Trinajstić information content (AvgIpc) is 2.72. The van der Waals surface area contributed by atoms with E-state index in [1.165, 1.54) is 43.5 Å². The molecule has 0 saturated carbocycles. The van der Waals surface area contributed by atoms with Gasteiger partial charge in [0.15, 0.2) is 6.61 Å². The molecule has 1 aliphatic rings. The molecule has 2 N–H and O–H groups in total. The molecular formula is C20H25N3O6. The Kier molecular flexibility index (Phi) is 8.32. The molecule has 0 spiro atoms. The maximum absolute atomic E-state index is 12.1. The van der Waals surface area contributed by atoms with E-state index in [4.69, 9.17) is 4.74 Å². The van der Waals surface area contributed by atoms with E-state index >= 15 is 0 Å². The Bertz CT molecular complexity index is 805. The van der Waals surface area contributed by atoms with Crippen LogP contribution in [-0.4, -0.2) is 41.9 Å².